The zero-order valence-corrected chi connectivity index (χ0v) is 39.2. The first-order valence-electron chi connectivity index (χ1n) is 21.2. The molecule has 340 valence electrons. The zero-order valence-electron chi connectivity index (χ0n) is 37.7. The van der Waals surface area contributed by atoms with Crippen LogP contribution in [0.2, 0.25) is 10.0 Å². The van der Waals surface area contributed by atoms with E-state index in [-0.39, 0.29) is 31.4 Å². The van der Waals surface area contributed by atoms with Gasteiger partial charge in [0.05, 0.1) is 42.0 Å². The second-order valence-corrected chi connectivity index (χ2v) is 18.5. The molecule has 15 heteroatoms. The third-order valence-corrected chi connectivity index (χ3v) is 13.1. The molecule has 14 unspecified atom stereocenters. The molecular formula is C46H67Cl2N3O10. The van der Waals surface area contributed by atoms with E-state index in [2.05, 4.69) is 5.10 Å². The van der Waals surface area contributed by atoms with E-state index in [9.17, 15) is 24.9 Å². The summed E-state index contributed by atoms with van der Waals surface area (Å²) < 4.78 is 32.0. The molecule has 2 aromatic carbocycles. The Kier molecular flexibility index (Phi) is 17.9. The summed E-state index contributed by atoms with van der Waals surface area (Å²) in [6, 6.07) is 13.7. The van der Waals surface area contributed by atoms with E-state index in [1.54, 1.807) is 64.1 Å². The number of hydrogen-bond acceptors (Lipinski definition) is 13. The van der Waals surface area contributed by atoms with E-state index in [0.717, 1.165) is 5.56 Å². The average molecular weight is 893 g/mol. The number of nitrogens with zero attached hydrogens (tertiary/aromatic N) is 3. The molecule has 0 spiro atoms. The van der Waals surface area contributed by atoms with Crippen LogP contribution in [-0.4, -0.2) is 125 Å². The van der Waals surface area contributed by atoms with Gasteiger partial charge in [-0.05, 0) is 109 Å². The SMILES string of the molecule is CCC1OC(=O)C(C)C(OC(=O)Cc2ccc(Cl)cc2)C(C)C(OC2OC(C)CC(N(C)C)C2O)C(C)(OC)CC(C)C(=NN=C(C)c2ccc(Cl)cc2)C(C)C(O)C1(C)O. The van der Waals surface area contributed by atoms with Crippen LogP contribution < -0.4 is 0 Å². The monoisotopic (exact) mass is 891 g/mol. The van der Waals surface area contributed by atoms with Gasteiger partial charge in [-0.1, -0.05) is 75.2 Å². The Morgan fingerprint density at radius 1 is 0.967 bits per heavy atom. The molecule has 2 aliphatic rings. The van der Waals surface area contributed by atoms with Gasteiger partial charge >= 0.3 is 11.9 Å². The number of likely N-dealkylation sites (N-methyl/N-ethyl adjacent to an activating group) is 1. The van der Waals surface area contributed by atoms with Gasteiger partial charge in [0.1, 0.15) is 23.9 Å². The third kappa shape index (κ3) is 12.4. The fourth-order valence-electron chi connectivity index (χ4n) is 8.83. The summed E-state index contributed by atoms with van der Waals surface area (Å²) in [7, 11) is 5.30. The molecular weight excluding hydrogens is 825 g/mol. The number of hydrogen-bond donors (Lipinski definition) is 3. The van der Waals surface area contributed by atoms with Gasteiger partial charge in [-0.25, -0.2) is 0 Å². The Morgan fingerprint density at radius 2 is 1.56 bits per heavy atom. The number of rotatable bonds is 10. The molecule has 0 aromatic heterocycles. The largest absolute Gasteiger partial charge is 0.461 e. The molecule has 0 saturated carbocycles. The van der Waals surface area contributed by atoms with Crippen molar-refractivity contribution in [3.63, 3.8) is 0 Å². The van der Waals surface area contributed by atoms with Crippen LogP contribution in [0.3, 0.4) is 0 Å². The quantitative estimate of drug-likeness (QED) is 0.129. The molecule has 14 atom stereocenters. The van der Waals surface area contributed by atoms with Crippen LogP contribution in [0.25, 0.3) is 0 Å². The Morgan fingerprint density at radius 3 is 2.11 bits per heavy atom. The lowest BCUT2D eigenvalue weighted by Crippen LogP contribution is -2.60. The number of cyclic esters (lactones) is 1. The Labute approximate surface area is 371 Å². The molecule has 0 radical (unpaired) electrons. The maximum Gasteiger partial charge on any atom is 0.312 e. The van der Waals surface area contributed by atoms with Crippen molar-refractivity contribution < 1.29 is 48.6 Å². The van der Waals surface area contributed by atoms with Gasteiger partial charge < -0.3 is 43.9 Å². The molecule has 2 aliphatic heterocycles. The highest BCUT2D eigenvalue weighted by molar-refractivity contribution is 6.30. The smallest absolute Gasteiger partial charge is 0.312 e. The first kappa shape index (κ1) is 50.7. The minimum absolute atomic E-state index is 0.120. The first-order chi connectivity index (χ1) is 28.5. The number of aliphatic hydroxyl groups is 3. The number of carbonyl (C=O) groups excluding carboxylic acids is 2. The number of aliphatic hydroxyl groups excluding tert-OH is 2. The van der Waals surface area contributed by atoms with Crippen LogP contribution in [-0.2, 0) is 39.7 Å². The van der Waals surface area contributed by atoms with Crippen molar-refractivity contribution in [3.05, 3.63) is 69.7 Å². The van der Waals surface area contributed by atoms with Crippen molar-refractivity contribution >= 4 is 46.6 Å². The zero-order chi connectivity index (χ0) is 45.6. The van der Waals surface area contributed by atoms with Crippen LogP contribution in [0.1, 0.15) is 92.7 Å². The molecule has 2 fully saturated rings. The van der Waals surface area contributed by atoms with Crippen LogP contribution in [0.5, 0.6) is 0 Å². The van der Waals surface area contributed by atoms with Crippen LogP contribution in [0.4, 0.5) is 0 Å². The van der Waals surface area contributed by atoms with Gasteiger partial charge in [0, 0.05) is 40.7 Å². The summed E-state index contributed by atoms with van der Waals surface area (Å²) in [4.78, 5) is 30.1. The number of methoxy groups -OCH3 is 1. The molecule has 0 amide bonds. The highest BCUT2D eigenvalue weighted by Crippen LogP contribution is 2.40. The van der Waals surface area contributed by atoms with Crippen LogP contribution in [0.15, 0.2) is 58.7 Å². The van der Waals surface area contributed by atoms with E-state index < -0.39 is 83.6 Å². The lowest BCUT2D eigenvalue weighted by Gasteiger charge is -2.48. The van der Waals surface area contributed by atoms with E-state index in [4.69, 9.17) is 52.0 Å². The minimum Gasteiger partial charge on any atom is -0.461 e. The van der Waals surface area contributed by atoms with Crippen LogP contribution >= 0.6 is 23.2 Å². The van der Waals surface area contributed by atoms with Crippen molar-refractivity contribution in [3.8, 4) is 0 Å². The van der Waals surface area contributed by atoms with Crippen LogP contribution in [0, 0.1) is 23.7 Å². The Balaban J connectivity index is 1.92. The number of ether oxygens (including phenoxy) is 5. The highest BCUT2D eigenvalue weighted by Gasteiger charge is 2.52. The Bertz CT molecular complexity index is 1830. The van der Waals surface area contributed by atoms with Gasteiger partial charge in [-0.15, -0.1) is 0 Å². The second kappa shape index (κ2) is 21.6. The second-order valence-electron chi connectivity index (χ2n) is 17.7. The minimum atomic E-state index is -1.96. The average Bonchev–Trinajstić information content (AvgIpc) is 3.21. The van der Waals surface area contributed by atoms with E-state index in [1.807, 2.05) is 58.8 Å². The molecule has 2 heterocycles. The van der Waals surface area contributed by atoms with Gasteiger partial charge in [-0.2, -0.15) is 10.2 Å². The van der Waals surface area contributed by atoms with Crippen molar-refractivity contribution in [1.82, 2.24) is 4.90 Å². The number of benzene rings is 2. The lowest BCUT2D eigenvalue weighted by atomic mass is 9.73. The maximum atomic E-state index is 14.3. The van der Waals surface area contributed by atoms with E-state index >= 15 is 0 Å². The number of carbonyl (C=O) groups is 2. The number of halogens is 2. The highest BCUT2D eigenvalue weighted by atomic mass is 35.5. The summed E-state index contributed by atoms with van der Waals surface area (Å²) >= 11 is 12.3. The van der Waals surface area contributed by atoms with Crippen molar-refractivity contribution in [2.24, 2.45) is 33.9 Å². The van der Waals surface area contributed by atoms with Crippen molar-refractivity contribution in [2.75, 3.05) is 21.2 Å². The van der Waals surface area contributed by atoms with Gasteiger partial charge in [-0.3, -0.25) is 9.59 Å². The lowest BCUT2D eigenvalue weighted by molar-refractivity contribution is -0.301. The van der Waals surface area contributed by atoms with Gasteiger partial charge in [0.25, 0.3) is 0 Å². The number of esters is 2. The normalized spacial score (nSPS) is 36.7. The Hall–Kier alpha value is -2.98. The molecule has 2 aromatic rings. The molecule has 13 nitrogen and oxygen atoms in total. The van der Waals surface area contributed by atoms with Crippen molar-refractivity contribution in [1.29, 1.82) is 0 Å². The molecule has 3 N–H and O–H groups in total. The maximum absolute atomic E-state index is 14.3. The van der Waals surface area contributed by atoms with Gasteiger partial charge in [0.15, 0.2) is 6.29 Å². The summed E-state index contributed by atoms with van der Waals surface area (Å²) in [5.41, 5.74) is -0.774. The summed E-state index contributed by atoms with van der Waals surface area (Å²) in [5.74, 6) is -4.61. The third-order valence-electron chi connectivity index (χ3n) is 12.6. The van der Waals surface area contributed by atoms with E-state index in [1.165, 1.54) is 14.0 Å². The standard InChI is InChI=1S/C46H67Cl2N3O10/c1-13-36-46(9,56)41(54)27(4)38(50-49-30(7)32-16-20-34(48)21-17-32)25(2)24-45(8,57-12)42(61-44-39(53)35(51(10)11)22-26(3)58-44)28(5)40(29(6)43(55)59-36)60-37(52)23-31-14-18-33(47)19-15-31/h14-21,25-29,35-36,39-42,44,53-54,56H,13,22-24H2,1-12H3. The molecule has 0 aliphatic carbocycles. The van der Waals surface area contributed by atoms with E-state index in [0.29, 0.717) is 33.5 Å². The van der Waals surface area contributed by atoms with Gasteiger partial charge in [0.2, 0.25) is 0 Å². The fourth-order valence-corrected chi connectivity index (χ4v) is 9.08. The predicted molar refractivity (Wildman–Crippen MR) is 237 cm³/mol. The molecule has 2 saturated heterocycles. The molecule has 4 rings (SSSR count). The predicted octanol–water partition coefficient (Wildman–Crippen LogP) is 6.91. The molecule has 61 heavy (non-hydrogen) atoms. The summed E-state index contributed by atoms with van der Waals surface area (Å²) in [6.45, 7) is 15.8. The van der Waals surface area contributed by atoms with Crippen molar-refractivity contribution in [2.45, 2.75) is 148 Å². The summed E-state index contributed by atoms with van der Waals surface area (Å²) in [6.07, 6.45) is -6.58. The first-order valence-corrected chi connectivity index (χ1v) is 21.9. The fraction of sp³-hybridized carbons (Fsp3) is 0.652. The molecule has 0 bridgehead atoms. The topological polar surface area (TPSA) is 169 Å². The summed E-state index contributed by atoms with van der Waals surface area (Å²) in [5, 5.41) is 46.3.